The van der Waals surface area contributed by atoms with Crippen LogP contribution in [0.25, 0.3) is 10.9 Å². The fraction of sp³-hybridized carbons (Fsp3) is 0. The number of rotatable bonds is 1. The Labute approximate surface area is 87.9 Å². The van der Waals surface area contributed by atoms with Crippen molar-refractivity contribution in [3.05, 3.63) is 33.5 Å². The van der Waals surface area contributed by atoms with Crippen LogP contribution in [0.1, 0.15) is 10.4 Å². The zero-order chi connectivity index (χ0) is 9.42. The van der Waals surface area contributed by atoms with Gasteiger partial charge < -0.3 is 14.9 Å². The Hall–Kier alpha value is -1.04. The van der Waals surface area contributed by atoms with Crippen LogP contribution in [0.15, 0.2) is 24.4 Å². The second-order valence-electron chi connectivity index (χ2n) is 2.68. The minimum absolute atomic E-state index is 0.208. The normalized spacial score (nSPS) is 10.5. The van der Waals surface area contributed by atoms with Gasteiger partial charge in [-0.15, -0.1) is 0 Å². The Bertz CT molecular complexity index is 475. The molecule has 0 fully saturated rings. The number of carboxylic acid groups (broad SMARTS) is 1. The lowest BCUT2D eigenvalue weighted by atomic mass is 10.2. The average Bonchev–Trinajstić information content (AvgIpc) is 2.51. The highest BCUT2D eigenvalue weighted by Crippen LogP contribution is 2.21. The van der Waals surface area contributed by atoms with Gasteiger partial charge in [-0.1, -0.05) is 0 Å². The molecule has 13 heavy (non-hydrogen) atoms. The molecule has 0 unspecified atom stereocenters. The van der Waals surface area contributed by atoms with Gasteiger partial charge in [-0.05, 0) is 40.8 Å². The van der Waals surface area contributed by atoms with E-state index < -0.39 is 5.97 Å². The van der Waals surface area contributed by atoms with Crippen LogP contribution in [0.5, 0.6) is 0 Å². The molecule has 0 radical (unpaired) electrons. The fourth-order valence-corrected chi connectivity index (χ4v) is 2.05. The number of H-pyrrole nitrogens is 1. The van der Waals surface area contributed by atoms with Crippen LogP contribution >= 0.6 is 22.6 Å². The van der Waals surface area contributed by atoms with Crippen molar-refractivity contribution in [1.29, 1.82) is 0 Å². The summed E-state index contributed by atoms with van der Waals surface area (Å²) in [5.74, 6) is -1.14. The zero-order valence-electron chi connectivity index (χ0n) is 6.50. The molecule has 0 saturated carbocycles. The van der Waals surface area contributed by atoms with Gasteiger partial charge in [0.05, 0.1) is 5.97 Å². The number of aromatic amines is 1. The van der Waals surface area contributed by atoms with Crippen LogP contribution in [0.2, 0.25) is 0 Å². The SMILES string of the molecule is O=C([O-])c1cc(I)c2cc[nH]c2c1. The van der Waals surface area contributed by atoms with Crippen molar-refractivity contribution in [2.24, 2.45) is 0 Å². The molecule has 0 atom stereocenters. The second kappa shape index (κ2) is 3.02. The molecule has 2 rings (SSSR count). The summed E-state index contributed by atoms with van der Waals surface area (Å²) in [6, 6.07) is 5.09. The van der Waals surface area contributed by atoms with E-state index in [1.807, 2.05) is 6.07 Å². The van der Waals surface area contributed by atoms with Gasteiger partial charge in [0.1, 0.15) is 0 Å². The number of halogens is 1. The van der Waals surface area contributed by atoms with Gasteiger partial charge in [0.15, 0.2) is 0 Å². The lowest BCUT2D eigenvalue weighted by Crippen LogP contribution is -2.22. The van der Waals surface area contributed by atoms with Gasteiger partial charge in [0.2, 0.25) is 0 Å². The van der Waals surface area contributed by atoms with Gasteiger partial charge in [-0.2, -0.15) is 0 Å². The first-order chi connectivity index (χ1) is 6.18. The molecular weight excluding hydrogens is 281 g/mol. The molecule has 0 amide bonds. The van der Waals surface area contributed by atoms with E-state index in [-0.39, 0.29) is 5.56 Å². The lowest BCUT2D eigenvalue weighted by molar-refractivity contribution is -0.255. The monoisotopic (exact) mass is 286 g/mol. The van der Waals surface area contributed by atoms with Gasteiger partial charge in [-0.25, -0.2) is 0 Å². The third kappa shape index (κ3) is 1.41. The Kier molecular flexibility index (Phi) is 1.99. The molecule has 66 valence electrons. The van der Waals surface area contributed by atoms with Crippen molar-refractivity contribution < 1.29 is 9.90 Å². The topological polar surface area (TPSA) is 55.9 Å². The number of hydrogen-bond acceptors (Lipinski definition) is 2. The first-order valence-electron chi connectivity index (χ1n) is 3.66. The predicted molar refractivity (Wildman–Crippen MR) is 55.3 cm³/mol. The molecule has 3 nitrogen and oxygen atoms in total. The minimum Gasteiger partial charge on any atom is -0.545 e. The number of benzene rings is 1. The molecule has 0 aliphatic carbocycles. The Morgan fingerprint density at radius 1 is 1.46 bits per heavy atom. The highest BCUT2D eigenvalue weighted by atomic mass is 127. The predicted octanol–water partition coefficient (Wildman–Crippen LogP) is 1.14. The first kappa shape index (κ1) is 8.55. The summed E-state index contributed by atoms with van der Waals surface area (Å²) in [6.07, 6.45) is 1.78. The van der Waals surface area contributed by atoms with Crippen LogP contribution in [-0.4, -0.2) is 11.0 Å². The molecule has 0 bridgehead atoms. The fourth-order valence-electron chi connectivity index (χ4n) is 1.24. The van der Waals surface area contributed by atoms with E-state index in [1.54, 1.807) is 18.3 Å². The number of carbonyl (C=O) groups excluding carboxylic acids is 1. The molecule has 2 aromatic rings. The summed E-state index contributed by atoms with van der Waals surface area (Å²) in [5, 5.41) is 11.6. The molecule has 1 aromatic carbocycles. The second-order valence-corrected chi connectivity index (χ2v) is 3.85. The van der Waals surface area contributed by atoms with E-state index in [1.165, 1.54) is 0 Å². The van der Waals surface area contributed by atoms with Gasteiger partial charge in [-0.3, -0.25) is 0 Å². The summed E-state index contributed by atoms with van der Waals surface area (Å²) in [5.41, 5.74) is 1.03. The minimum atomic E-state index is -1.14. The van der Waals surface area contributed by atoms with Crippen molar-refractivity contribution in [1.82, 2.24) is 4.98 Å². The number of hydrogen-bond donors (Lipinski definition) is 1. The Balaban J connectivity index is 2.77. The summed E-state index contributed by atoms with van der Waals surface area (Å²) >= 11 is 2.10. The van der Waals surface area contributed by atoms with Crippen molar-refractivity contribution >= 4 is 39.5 Å². The van der Waals surface area contributed by atoms with E-state index in [2.05, 4.69) is 27.6 Å². The van der Waals surface area contributed by atoms with Crippen LogP contribution in [0, 0.1) is 3.57 Å². The number of aromatic nitrogens is 1. The van der Waals surface area contributed by atoms with Crippen molar-refractivity contribution in [3.8, 4) is 0 Å². The molecule has 1 aromatic heterocycles. The summed E-state index contributed by atoms with van der Waals surface area (Å²) < 4.78 is 0.913. The Morgan fingerprint density at radius 2 is 2.23 bits per heavy atom. The van der Waals surface area contributed by atoms with Crippen LogP contribution in [0.3, 0.4) is 0 Å². The van der Waals surface area contributed by atoms with E-state index in [0.717, 1.165) is 14.5 Å². The molecule has 1 heterocycles. The zero-order valence-corrected chi connectivity index (χ0v) is 8.66. The third-order valence-electron chi connectivity index (χ3n) is 1.85. The molecular formula is C9H5INO2-. The Morgan fingerprint density at radius 3 is 2.92 bits per heavy atom. The smallest absolute Gasteiger partial charge is 0.0716 e. The third-order valence-corrected chi connectivity index (χ3v) is 2.75. The van der Waals surface area contributed by atoms with Crippen LogP contribution < -0.4 is 5.11 Å². The molecule has 1 N–H and O–H groups in total. The van der Waals surface area contributed by atoms with Gasteiger partial charge in [0, 0.05) is 26.2 Å². The van der Waals surface area contributed by atoms with Crippen LogP contribution in [-0.2, 0) is 0 Å². The molecule has 0 aliphatic rings. The maximum atomic E-state index is 10.6. The number of carbonyl (C=O) groups is 1. The standard InChI is InChI=1S/C9H6INO2/c10-7-3-5(9(12)13)4-8-6(7)1-2-11-8/h1-4,11H,(H,12,13)/p-1. The molecule has 0 spiro atoms. The number of nitrogens with one attached hydrogen (secondary N) is 1. The average molecular weight is 286 g/mol. The van der Waals surface area contributed by atoms with Crippen molar-refractivity contribution in [3.63, 3.8) is 0 Å². The van der Waals surface area contributed by atoms with E-state index >= 15 is 0 Å². The van der Waals surface area contributed by atoms with E-state index in [9.17, 15) is 9.90 Å². The molecule has 4 heteroatoms. The highest BCUT2D eigenvalue weighted by Gasteiger charge is 2.02. The summed E-state index contributed by atoms with van der Waals surface area (Å²) in [4.78, 5) is 13.6. The van der Waals surface area contributed by atoms with E-state index in [4.69, 9.17) is 0 Å². The number of carboxylic acids is 1. The van der Waals surface area contributed by atoms with Crippen LogP contribution in [0.4, 0.5) is 0 Å². The largest absolute Gasteiger partial charge is 0.545 e. The van der Waals surface area contributed by atoms with Crippen molar-refractivity contribution in [2.75, 3.05) is 0 Å². The molecule has 0 aliphatic heterocycles. The number of fused-ring (bicyclic) bond motifs is 1. The van der Waals surface area contributed by atoms with Gasteiger partial charge in [0.25, 0.3) is 0 Å². The van der Waals surface area contributed by atoms with E-state index in [0.29, 0.717) is 0 Å². The lowest BCUT2D eigenvalue weighted by Gasteiger charge is -2.03. The van der Waals surface area contributed by atoms with Gasteiger partial charge >= 0.3 is 0 Å². The van der Waals surface area contributed by atoms with Crippen molar-refractivity contribution in [2.45, 2.75) is 0 Å². The summed E-state index contributed by atoms with van der Waals surface area (Å²) in [7, 11) is 0. The first-order valence-corrected chi connectivity index (χ1v) is 4.74. The number of aromatic carboxylic acids is 1. The maximum absolute atomic E-state index is 10.6. The quantitative estimate of drug-likeness (QED) is 0.799. The highest BCUT2D eigenvalue weighted by molar-refractivity contribution is 14.1. The summed E-state index contributed by atoms with van der Waals surface area (Å²) in [6.45, 7) is 0. The molecule has 0 saturated heterocycles. The maximum Gasteiger partial charge on any atom is 0.0716 e.